The highest BCUT2D eigenvalue weighted by atomic mass is 16.3. The van der Waals surface area contributed by atoms with Crippen LogP contribution >= 0.6 is 0 Å². The van der Waals surface area contributed by atoms with E-state index in [-0.39, 0.29) is 12.6 Å². The van der Waals surface area contributed by atoms with Crippen LogP contribution in [0.15, 0.2) is 34.9 Å². The number of hydrogen-bond acceptors (Lipinski definition) is 4. The van der Waals surface area contributed by atoms with Crippen molar-refractivity contribution in [3.05, 3.63) is 36.1 Å². The van der Waals surface area contributed by atoms with Crippen molar-refractivity contribution in [2.24, 2.45) is 0 Å². The zero-order valence-corrected chi connectivity index (χ0v) is 11.2. The molecule has 2 heterocycles. The van der Waals surface area contributed by atoms with Gasteiger partial charge in [-0.3, -0.25) is 4.90 Å². The molecule has 1 N–H and O–H groups in total. The highest BCUT2D eigenvalue weighted by molar-refractivity contribution is 5.81. The minimum absolute atomic E-state index is 0.0392. The van der Waals surface area contributed by atoms with Crippen LogP contribution in [-0.2, 0) is 0 Å². The molecule has 1 aliphatic heterocycles. The van der Waals surface area contributed by atoms with Gasteiger partial charge >= 0.3 is 0 Å². The van der Waals surface area contributed by atoms with Gasteiger partial charge in [0, 0.05) is 37.1 Å². The van der Waals surface area contributed by atoms with Gasteiger partial charge in [0.15, 0.2) is 0 Å². The lowest BCUT2D eigenvalue weighted by Crippen LogP contribution is -2.46. The summed E-state index contributed by atoms with van der Waals surface area (Å²) < 4.78 is 5.60. The molecule has 1 aromatic heterocycles. The Morgan fingerprint density at radius 1 is 1.21 bits per heavy atom. The van der Waals surface area contributed by atoms with Crippen molar-refractivity contribution in [2.45, 2.75) is 6.04 Å². The van der Waals surface area contributed by atoms with Crippen LogP contribution in [0, 0.1) is 0 Å². The Labute approximate surface area is 113 Å². The second kappa shape index (κ2) is 5.33. The predicted molar refractivity (Wildman–Crippen MR) is 75.1 cm³/mol. The Morgan fingerprint density at radius 3 is 2.68 bits per heavy atom. The number of likely N-dealkylation sites (N-methyl/N-ethyl adjacent to an activating group) is 1. The number of rotatable bonds is 3. The smallest absolute Gasteiger partial charge is 0.134 e. The molecule has 3 rings (SSSR count). The largest absolute Gasteiger partial charge is 0.464 e. The van der Waals surface area contributed by atoms with E-state index in [1.165, 1.54) is 0 Å². The normalized spacial score (nSPS) is 19.9. The number of fused-ring (bicyclic) bond motifs is 1. The molecule has 0 spiro atoms. The number of aliphatic hydroxyl groups is 1. The summed E-state index contributed by atoms with van der Waals surface area (Å²) in [6.07, 6.45) is 1.80. The van der Waals surface area contributed by atoms with Crippen molar-refractivity contribution in [3.63, 3.8) is 0 Å². The lowest BCUT2D eigenvalue weighted by atomic mass is 10.0. The third kappa shape index (κ3) is 2.39. The van der Waals surface area contributed by atoms with Gasteiger partial charge < -0.3 is 14.4 Å². The lowest BCUT2D eigenvalue weighted by molar-refractivity contribution is 0.0750. The molecule has 0 radical (unpaired) electrons. The fourth-order valence-electron chi connectivity index (χ4n) is 2.80. The number of para-hydroxylation sites is 1. The zero-order chi connectivity index (χ0) is 13.2. The van der Waals surface area contributed by atoms with Gasteiger partial charge in [-0.2, -0.15) is 0 Å². The van der Waals surface area contributed by atoms with Gasteiger partial charge in [0.25, 0.3) is 0 Å². The standard InChI is InChI=1S/C15H20N2O2/c1-16-6-8-17(9-7-16)14(10-18)13-11-19-15-5-3-2-4-12(13)15/h2-5,11,14,18H,6-10H2,1H3. The number of hydrogen-bond donors (Lipinski definition) is 1. The summed E-state index contributed by atoms with van der Waals surface area (Å²) in [4.78, 5) is 4.66. The second-order valence-electron chi connectivity index (χ2n) is 5.22. The molecule has 2 aromatic rings. The molecule has 0 saturated carbocycles. The number of piperazine rings is 1. The summed E-state index contributed by atoms with van der Waals surface area (Å²) in [7, 11) is 2.14. The van der Waals surface area contributed by atoms with Crippen LogP contribution in [0.3, 0.4) is 0 Å². The molecule has 102 valence electrons. The van der Waals surface area contributed by atoms with Crippen molar-refractivity contribution in [3.8, 4) is 0 Å². The van der Waals surface area contributed by atoms with Gasteiger partial charge in [-0.15, -0.1) is 0 Å². The molecule has 0 aliphatic carbocycles. The maximum Gasteiger partial charge on any atom is 0.134 e. The van der Waals surface area contributed by atoms with E-state index in [0.29, 0.717) is 0 Å². The Hall–Kier alpha value is -1.36. The third-order valence-corrected chi connectivity index (χ3v) is 4.02. The first kappa shape index (κ1) is 12.7. The van der Waals surface area contributed by atoms with Gasteiger partial charge in [0.1, 0.15) is 5.58 Å². The molecular weight excluding hydrogens is 240 g/mol. The molecule has 4 nitrogen and oxygen atoms in total. The first-order valence-corrected chi connectivity index (χ1v) is 6.79. The molecule has 1 fully saturated rings. The van der Waals surface area contributed by atoms with E-state index in [1.807, 2.05) is 18.2 Å². The van der Waals surface area contributed by atoms with Crippen molar-refractivity contribution >= 4 is 11.0 Å². The van der Waals surface area contributed by atoms with E-state index in [4.69, 9.17) is 4.42 Å². The molecular formula is C15H20N2O2. The van der Waals surface area contributed by atoms with Crippen molar-refractivity contribution in [1.82, 2.24) is 9.80 Å². The average molecular weight is 260 g/mol. The van der Waals surface area contributed by atoms with Crippen LogP contribution in [-0.4, -0.2) is 54.7 Å². The summed E-state index contributed by atoms with van der Waals surface area (Å²) >= 11 is 0. The summed E-state index contributed by atoms with van der Waals surface area (Å²) in [5.41, 5.74) is 1.99. The van der Waals surface area contributed by atoms with Crippen LogP contribution < -0.4 is 0 Å². The highest BCUT2D eigenvalue weighted by Crippen LogP contribution is 2.30. The van der Waals surface area contributed by atoms with E-state index in [1.54, 1.807) is 6.26 Å². The van der Waals surface area contributed by atoms with Crippen molar-refractivity contribution < 1.29 is 9.52 Å². The predicted octanol–water partition coefficient (Wildman–Crippen LogP) is 1.71. The molecule has 1 saturated heterocycles. The molecule has 1 unspecified atom stereocenters. The minimum Gasteiger partial charge on any atom is -0.464 e. The van der Waals surface area contributed by atoms with E-state index in [9.17, 15) is 5.11 Å². The van der Waals surface area contributed by atoms with Crippen LogP contribution in [0.25, 0.3) is 11.0 Å². The maximum atomic E-state index is 9.78. The van der Waals surface area contributed by atoms with Crippen LogP contribution in [0.2, 0.25) is 0 Å². The lowest BCUT2D eigenvalue weighted by Gasteiger charge is -2.37. The fourth-order valence-corrected chi connectivity index (χ4v) is 2.80. The Morgan fingerprint density at radius 2 is 1.95 bits per heavy atom. The summed E-state index contributed by atoms with van der Waals surface area (Å²) in [5.74, 6) is 0. The first-order valence-electron chi connectivity index (χ1n) is 6.79. The van der Waals surface area contributed by atoms with Gasteiger partial charge in [0.05, 0.1) is 18.9 Å². The van der Waals surface area contributed by atoms with E-state index >= 15 is 0 Å². The maximum absolute atomic E-state index is 9.78. The van der Waals surface area contributed by atoms with Crippen molar-refractivity contribution in [2.75, 3.05) is 39.8 Å². The molecule has 19 heavy (non-hydrogen) atoms. The molecule has 0 bridgehead atoms. The van der Waals surface area contributed by atoms with Crippen molar-refractivity contribution in [1.29, 1.82) is 0 Å². The molecule has 1 aromatic carbocycles. The monoisotopic (exact) mass is 260 g/mol. The molecule has 0 amide bonds. The van der Waals surface area contributed by atoms with Gasteiger partial charge in [0.2, 0.25) is 0 Å². The number of benzene rings is 1. The van der Waals surface area contributed by atoms with E-state index in [0.717, 1.165) is 42.7 Å². The summed E-state index contributed by atoms with van der Waals surface area (Å²) in [6, 6.07) is 8.06. The van der Waals surface area contributed by atoms with Gasteiger partial charge in [-0.25, -0.2) is 0 Å². The number of nitrogens with zero attached hydrogens (tertiary/aromatic N) is 2. The molecule has 1 atom stereocenters. The Bertz CT molecular complexity index is 544. The van der Waals surface area contributed by atoms with Crippen LogP contribution in [0.1, 0.15) is 11.6 Å². The fraction of sp³-hybridized carbons (Fsp3) is 0.467. The van der Waals surface area contributed by atoms with Gasteiger partial charge in [-0.1, -0.05) is 18.2 Å². The van der Waals surface area contributed by atoms with Gasteiger partial charge in [-0.05, 0) is 13.1 Å². The second-order valence-corrected chi connectivity index (χ2v) is 5.22. The van der Waals surface area contributed by atoms with E-state index < -0.39 is 0 Å². The third-order valence-electron chi connectivity index (χ3n) is 4.02. The number of aliphatic hydroxyl groups excluding tert-OH is 1. The average Bonchev–Trinajstić information content (AvgIpc) is 2.86. The quantitative estimate of drug-likeness (QED) is 0.912. The zero-order valence-electron chi connectivity index (χ0n) is 11.2. The summed E-state index contributed by atoms with van der Waals surface area (Å²) in [6.45, 7) is 4.20. The molecule has 1 aliphatic rings. The minimum atomic E-state index is 0.0392. The highest BCUT2D eigenvalue weighted by Gasteiger charge is 2.25. The summed E-state index contributed by atoms with van der Waals surface area (Å²) in [5, 5.41) is 10.9. The van der Waals surface area contributed by atoms with E-state index in [2.05, 4.69) is 22.9 Å². The van der Waals surface area contributed by atoms with Crippen LogP contribution in [0.5, 0.6) is 0 Å². The SMILES string of the molecule is CN1CCN(C(CO)c2coc3ccccc23)CC1. The Balaban J connectivity index is 1.89. The molecule has 4 heteroatoms. The van der Waals surface area contributed by atoms with Crippen LogP contribution in [0.4, 0.5) is 0 Å². The Kier molecular flexibility index (Phi) is 3.55. The number of furan rings is 1. The first-order chi connectivity index (χ1) is 9.29. The topological polar surface area (TPSA) is 39.9 Å².